The molecule has 0 aliphatic carbocycles. The molecular formula is C41H83N4O15Si-. The van der Waals surface area contributed by atoms with E-state index < -0.39 is 122 Å². The first-order valence-electron chi connectivity index (χ1n) is 22.3. The van der Waals surface area contributed by atoms with Crippen molar-refractivity contribution >= 4 is 26.7 Å². The number of aliphatic hydroxyl groups excluding tert-OH is 6. The molecule has 0 aromatic carbocycles. The van der Waals surface area contributed by atoms with Gasteiger partial charge in [0.1, 0.15) is 0 Å². The zero-order valence-electron chi connectivity index (χ0n) is 37.5. The van der Waals surface area contributed by atoms with Crippen molar-refractivity contribution in [2.75, 3.05) is 106 Å². The quantitative estimate of drug-likeness (QED) is 0.0184. The van der Waals surface area contributed by atoms with E-state index in [4.69, 9.17) is 13.3 Å². The van der Waals surface area contributed by atoms with Gasteiger partial charge >= 0.3 is 14.8 Å². The van der Waals surface area contributed by atoms with Gasteiger partial charge < -0.3 is 83.9 Å². The maximum atomic E-state index is 11.4. The van der Waals surface area contributed by atoms with Gasteiger partial charge in [0, 0.05) is 25.6 Å². The van der Waals surface area contributed by atoms with E-state index in [1.165, 1.54) is 83.5 Å². The number of unbranched alkanes of at least 4 members (excludes halogenated alkanes) is 15. The third-order valence-corrected chi connectivity index (χ3v) is 13.9. The van der Waals surface area contributed by atoms with Gasteiger partial charge in [-0.3, -0.25) is 10.1 Å². The fourth-order valence-corrected chi connectivity index (χ4v) is 9.47. The van der Waals surface area contributed by atoms with Crippen LogP contribution >= 0.6 is 0 Å². The fraction of sp³-hybridized carbons (Fsp3) is 0.927. The molecule has 0 fully saturated rings. The summed E-state index contributed by atoms with van der Waals surface area (Å²) in [6.45, 7) is -5.36. The Labute approximate surface area is 365 Å². The second-order valence-electron chi connectivity index (χ2n) is 17.3. The number of carboxylic acid groups (broad SMARTS) is 3. The molecule has 362 valence electrons. The van der Waals surface area contributed by atoms with Crippen LogP contribution in [0.2, 0.25) is 6.04 Å². The maximum absolute atomic E-state index is 11.4. The number of carboxylic acids is 3. The summed E-state index contributed by atoms with van der Waals surface area (Å²) in [4.78, 5) is 34.0. The number of rotatable bonds is 45. The van der Waals surface area contributed by atoms with Crippen LogP contribution in [0.4, 0.5) is 0 Å². The number of aliphatic carboxylic acids is 3. The molecule has 0 saturated heterocycles. The van der Waals surface area contributed by atoms with Gasteiger partial charge in [0.05, 0.1) is 122 Å². The van der Waals surface area contributed by atoms with E-state index in [2.05, 4.69) is 37.0 Å². The van der Waals surface area contributed by atoms with Gasteiger partial charge in [0.25, 0.3) is 0 Å². The van der Waals surface area contributed by atoms with Crippen molar-refractivity contribution in [2.45, 2.75) is 139 Å². The smallest absolute Gasteiger partial charge is 0.501 e. The highest BCUT2D eigenvalue weighted by molar-refractivity contribution is 6.60. The highest BCUT2D eigenvalue weighted by atomic mass is 28.4. The van der Waals surface area contributed by atoms with Crippen LogP contribution in [0, 0.1) is 0 Å². The van der Waals surface area contributed by atoms with E-state index in [-0.39, 0.29) is 6.04 Å². The number of aliphatic hydroxyl groups is 6. The van der Waals surface area contributed by atoms with Gasteiger partial charge in [0.2, 0.25) is 0 Å². The number of nitrogens with zero attached hydrogens (tertiary/aromatic N) is 1. The summed E-state index contributed by atoms with van der Waals surface area (Å²) in [5.74, 6) is -4.38. The van der Waals surface area contributed by atoms with Crippen LogP contribution in [0.25, 0.3) is 0 Å². The lowest BCUT2D eigenvalue weighted by atomic mass is 10.0. The summed E-state index contributed by atoms with van der Waals surface area (Å²) in [5, 5.41) is 101. The van der Waals surface area contributed by atoms with Crippen molar-refractivity contribution in [3.05, 3.63) is 0 Å². The zero-order valence-corrected chi connectivity index (χ0v) is 38.5. The van der Waals surface area contributed by atoms with Crippen LogP contribution in [0.5, 0.6) is 0 Å². The summed E-state index contributed by atoms with van der Waals surface area (Å²) < 4.78 is 19.5. The molecule has 0 heterocycles. The molecular weight excluding hydrogens is 817 g/mol. The first-order chi connectivity index (χ1) is 29.0. The summed E-state index contributed by atoms with van der Waals surface area (Å²) in [7, 11) is -0.210. The third kappa shape index (κ3) is 27.1. The lowest BCUT2D eigenvalue weighted by molar-refractivity contribution is -0.890. The molecule has 0 aliphatic rings. The number of carbonyl (C=O) groups is 3. The average molecular weight is 900 g/mol. The molecule has 0 aromatic heterocycles. The Morgan fingerprint density at radius 3 is 1.10 bits per heavy atom. The molecule has 0 bridgehead atoms. The Hall–Kier alpha value is -1.89. The van der Waals surface area contributed by atoms with Crippen molar-refractivity contribution in [3.63, 3.8) is 0 Å². The van der Waals surface area contributed by atoms with Gasteiger partial charge in [-0.2, -0.15) is 0 Å². The van der Waals surface area contributed by atoms with Crippen LogP contribution < -0.4 is 26.2 Å². The minimum atomic E-state index is -4.34. The molecule has 20 heteroatoms. The van der Waals surface area contributed by atoms with Crippen molar-refractivity contribution < 1.29 is 78.1 Å². The summed E-state index contributed by atoms with van der Waals surface area (Å²) in [6, 6.07) is -0.0135. The predicted octanol–water partition coefficient (Wildman–Crippen LogP) is -1.77. The monoisotopic (exact) mass is 900 g/mol. The predicted molar refractivity (Wildman–Crippen MR) is 227 cm³/mol. The fourth-order valence-electron chi connectivity index (χ4n) is 6.70. The van der Waals surface area contributed by atoms with Crippen molar-refractivity contribution in [3.8, 4) is 0 Å². The number of nitrogens with one attached hydrogen (secondary N) is 3. The number of hydrogen-bond donors (Lipinski definition) is 10. The van der Waals surface area contributed by atoms with E-state index in [0.29, 0.717) is 17.4 Å². The Morgan fingerprint density at radius 2 is 0.803 bits per heavy atom. The lowest BCUT2D eigenvalue weighted by Crippen LogP contribution is -2.64. The second-order valence-corrected chi connectivity index (χ2v) is 20.1. The van der Waals surface area contributed by atoms with Gasteiger partial charge in [-0.05, 0) is 12.8 Å². The van der Waals surface area contributed by atoms with E-state index >= 15 is 0 Å². The Morgan fingerprint density at radius 1 is 0.508 bits per heavy atom. The third-order valence-electron chi connectivity index (χ3n) is 11.2. The van der Waals surface area contributed by atoms with Crippen LogP contribution in [-0.4, -0.2) is 190 Å². The van der Waals surface area contributed by atoms with Crippen LogP contribution in [0.3, 0.4) is 0 Å². The molecule has 0 atom stereocenters. The highest BCUT2D eigenvalue weighted by Gasteiger charge is 2.48. The normalized spacial score (nSPS) is 12.9. The SMILES string of the molecule is CCCCCCCCCCCCCCCCCC[N+](C)(C)CCC[Si](OCC(CO)(CO)NCC(=O)[O-])(OCC(CO)(CO)NCC(=O)[O-])OCC(CO)(CO)NCC(=O)O. The second kappa shape index (κ2) is 33.6. The molecule has 0 spiro atoms. The van der Waals surface area contributed by atoms with Crippen LogP contribution in [0.15, 0.2) is 0 Å². The number of hydrogen-bond acceptors (Lipinski definition) is 17. The molecule has 0 aliphatic heterocycles. The standard InChI is InChI=1S/C41H84N4O15Si/c1-4-5-6-7-8-9-10-11-12-13-14-15-16-17-18-19-21-45(2,3)22-20-23-61(58-33-39(27-46,28-47)42-24-36(52)53,59-34-40(29-48,30-49)43-25-37(54)55)60-35-41(31-50,32-51)44-26-38(56)57/h42-44,46-51H,4-35H2,1-3H3,(H2-,52,53,54,55,56,57)/p-1. The van der Waals surface area contributed by atoms with E-state index in [9.17, 15) is 60.3 Å². The van der Waals surface area contributed by atoms with E-state index in [1.807, 2.05) is 0 Å². The van der Waals surface area contributed by atoms with Crippen molar-refractivity contribution in [1.29, 1.82) is 0 Å². The Bertz CT molecular complexity index is 1050. The van der Waals surface area contributed by atoms with E-state index in [0.717, 1.165) is 25.8 Å². The van der Waals surface area contributed by atoms with Crippen LogP contribution in [-0.2, 0) is 27.7 Å². The summed E-state index contributed by atoms with van der Waals surface area (Å²) >= 11 is 0. The van der Waals surface area contributed by atoms with Gasteiger partial charge in [-0.15, -0.1) is 0 Å². The first-order valence-corrected chi connectivity index (χ1v) is 24.2. The highest BCUT2D eigenvalue weighted by Crippen LogP contribution is 2.25. The molecule has 0 saturated carbocycles. The molecule has 0 rings (SSSR count). The molecule has 0 unspecified atom stereocenters. The summed E-state index contributed by atoms with van der Waals surface area (Å²) in [6.07, 6.45) is 20.6. The topological polar surface area (TPSA) is 303 Å². The molecule has 19 nitrogen and oxygen atoms in total. The molecule has 0 radical (unpaired) electrons. The van der Waals surface area contributed by atoms with E-state index in [1.54, 1.807) is 0 Å². The van der Waals surface area contributed by atoms with Gasteiger partial charge in [-0.1, -0.05) is 96.8 Å². The molecule has 0 aromatic rings. The molecule has 10 N–H and O–H groups in total. The van der Waals surface area contributed by atoms with Gasteiger partial charge in [0.15, 0.2) is 0 Å². The average Bonchev–Trinajstić information content (AvgIpc) is 3.24. The van der Waals surface area contributed by atoms with Gasteiger partial charge in [-0.25, -0.2) is 0 Å². The first kappa shape index (κ1) is 59.1. The number of quaternary nitrogens is 1. The summed E-state index contributed by atoms with van der Waals surface area (Å²) in [5.41, 5.74) is -5.31. The lowest BCUT2D eigenvalue weighted by Gasteiger charge is -2.41. The molecule has 0 amide bonds. The minimum Gasteiger partial charge on any atom is -0.549 e. The van der Waals surface area contributed by atoms with Crippen molar-refractivity contribution in [1.82, 2.24) is 16.0 Å². The van der Waals surface area contributed by atoms with Crippen molar-refractivity contribution in [2.24, 2.45) is 0 Å². The maximum Gasteiger partial charge on any atom is 0.501 e. The largest absolute Gasteiger partial charge is 0.549 e. The Kier molecular flexibility index (Phi) is 32.6. The minimum absolute atomic E-state index is 0.0135. The number of carbonyl (C=O) groups excluding carboxylic acids is 2. The Balaban J connectivity index is 5.94. The zero-order chi connectivity index (χ0) is 46.1. The molecule has 61 heavy (non-hydrogen) atoms. The van der Waals surface area contributed by atoms with Crippen LogP contribution in [0.1, 0.15) is 116 Å².